The molecule has 42 heavy (non-hydrogen) atoms. The molecule has 3 unspecified atom stereocenters. The summed E-state index contributed by atoms with van der Waals surface area (Å²) in [6.45, 7) is 12.6. The first-order valence-corrected chi connectivity index (χ1v) is 15.3. The van der Waals surface area contributed by atoms with Gasteiger partial charge >= 0.3 is 0 Å². The van der Waals surface area contributed by atoms with Crippen molar-refractivity contribution < 1.29 is 4.79 Å². The normalized spacial score (nSPS) is 27.4. The van der Waals surface area contributed by atoms with Gasteiger partial charge in [-0.05, 0) is 83.6 Å². The number of anilines is 1. The van der Waals surface area contributed by atoms with Crippen molar-refractivity contribution in [3.63, 3.8) is 0 Å². The van der Waals surface area contributed by atoms with Crippen LogP contribution in [0, 0.1) is 11.3 Å². The first kappa shape index (κ1) is 28.4. The molecule has 11 nitrogen and oxygen atoms in total. The monoisotopic (exact) mass is 573 g/mol. The minimum atomic E-state index is -0.554. The van der Waals surface area contributed by atoms with Gasteiger partial charge in [-0.1, -0.05) is 18.2 Å². The van der Waals surface area contributed by atoms with Crippen LogP contribution >= 0.6 is 0 Å². The van der Waals surface area contributed by atoms with E-state index < -0.39 is 12.1 Å². The Morgan fingerprint density at radius 3 is 2.52 bits per heavy atom. The number of hydrazine groups is 1. The molecule has 0 saturated carbocycles. The van der Waals surface area contributed by atoms with Crippen LogP contribution in [0.5, 0.6) is 0 Å². The number of carbonyl (C=O) groups is 1. The number of guanidine groups is 1. The highest BCUT2D eigenvalue weighted by Crippen LogP contribution is 2.42. The van der Waals surface area contributed by atoms with E-state index >= 15 is 0 Å². The molecule has 224 valence electrons. The summed E-state index contributed by atoms with van der Waals surface area (Å²) in [6.07, 6.45) is 15.6. The third-order valence-corrected chi connectivity index (χ3v) is 9.45. The maximum atomic E-state index is 13.3. The Kier molecular flexibility index (Phi) is 7.78. The summed E-state index contributed by atoms with van der Waals surface area (Å²) in [6, 6.07) is 3.07. The SMILES string of the molecule is C=CCN1C(=O)C2C=NC(NC3C=CC(N4CCC5(CCN(C)CC5)CC4)=CC3)=NC2N1c1ccc(=O)n(C(C)C)n1. The number of amides is 1. The highest BCUT2D eigenvalue weighted by molar-refractivity contribution is 6.04. The maximum Gasteiger partial charge on any atom is 0.267 e. The van der Waals surface area contributed by atoms with Crippen molar-refractivity contribution in [3.05, 3.63) is 59.1 Å². The summed E-state index contributed by atoms with van der Waals surface area (Å²) >= 11 is 0. The van der Waals surface area contributed by atoms with Crippen molar-refractivity contribution in [3.8, 4) is 0 Å². The smallest absolute Gasteiger partial charge is 0.267 e. The average molecular weight is 574 g/mol. The molecule has 0 bridgehead atoms. The number of piperidine rings is 2. The van der Waals surface area contributed by atoms with E-state index in [1.165, 1.54) is 55.2 Å². The molecule has 1 aliphatic carbocycles. The van der Waals surface area contributed by atoms with Gasteiger partial charge < -0.3 is 15.1 Å². The zero-order valence-electron chi connectivity index (χ0n) is 25.0. The second-order valence-electron chi connectivity index (χ2n) is 12.6. The van der Waals surface area contributed by atoms with Crippen LogP contribution in [0.3, 0.4) is 0 Å². The average Bonchev–Trinajstić information content (AvgIpc) is 3.26. The fourth-order valence-corrected chi connectivity index (χ4v) is 6.78. The lowest BCUT2D eigenvalue weighted by atomic mass is 9.71. The van der Waals surface area contributed by atoms with Gasteiger partial charge in [0.25, 0.3) is 11.5 Å². The third kappa shape index (κ3) is 5.42. The lowest BCUT2D eigenvalue weighted by Gasteiger charge is -2.47. The number of aliphatic imine (C=N–C) groups is 2. The van der Waals surface area contributed by atoms with Gasteiger partial charge in [0.15, 0.2) is 12.0 Å². The molecular weight excluding hydrogens is 530 g/mol. The van der Waals surface area contributed by atoms with Crippen LogP contribution in [-0.4, -0.2) is 94.6 Å². The lowest BCUT2D eigenvalue weighted by Crippen LogP contribution is -2.46. The molecule has 4 aliphatic heterocycles. The van der Waals surface area contributed by atoms with Crippen LogP contribution in [0.15, 0.2) is 63.5 Å². The first-order chi connectivity index (χ1) is 20.3. The fraction of sp³-hybridized carbons (Fsp3) is 0.581. The number of likely N-dealkylation sites (tertiary alicyclic amines) is 2. The molecule has 3 fully saturated rings. The molecular formula is C31H43N9O2. The Bertz CT molecular complexity index is 1370. The topological polar surface area (TPSA) is 102 Å². The van der Waals surface area contributed by atoms with Gasteiger partial charge in [-0.2, -0.15) is 0 Å². The van der Waals surface area contributed by atoms with Gasteiger partial charge in [-0.3, -0.25) is 9.59 Å². The number of aromatic nitrogens is 2. The van der Waals surface area contributed by atoms with Gasteiger partial charge in [0, 0.05) is 31.1 Å². The highest BCUT2D eigenvalue weighted by atomic mass is 16.2. The summed E-state index contributed by atoms with van der Waals surface area (Å²) in [5.74, 6) is 0.305. The van der Waals surface area contributed by atoms with Crippen LogP contribution in [0.2, 0.25) is 0 Å². The number of hydrogen-bond donors (Lipinski definition) is 1. The zero-order valence-corrected chi connectivity index (χ0v) is 25.0. The zero-order chi connectivity index (χ0) is 29.4. The van der Waals surface area contributed by atoms with Crippen LogP contribution in [-0.2, 0) is 4.79 Å². The Labute approximate surface area is 247 Å². The van der Waals surface area contributed by atoms with Crippen molar-refractivity contribution in [1.29, 1.82) is 0 Å². The number of nitrogens with one attached hydrogen (secondary N) is 1. The fourth-order valence-electron chi connectivity index (χ4n) is 6.78. The molecule has 5 aliphatic rings. The van der Waals surface area contributed by atoms with Crippen LogP contribution < -0.4 is 15.9 Å². The van der Waals surface area contributed by atoms with Gasteiger partial charge in [0.05, 0.1) is 18.6 Å². The summed E-state index contributed by atoms with van der Waals surface area (Å²) in [5.41, 5.74) is 1.66. The molecule has 1 spiro atoms. The van der Waals surface area contributed by atoms with Gasteiger partial charge in [0.2, 0.25) is 5.96 Å². The van der Waals surface area contributed by atoms with Gasteiger partial charge in [-0.25, -0.2) is 24.7 Å². The quantitative estimate of drug-likeness (QED) is 0.522. The van der Waals surface area contributed by atoms with Crippen molar-refractivity contribution in [2.75, 3.05) is 44.8 Å². The van der Waals surface area contributed by atoms with E-state index in [-0.39, 0.29) is 23.6 Å². The largest absolute Gasteiger partial charge is 0.372 e. The van der Waals surface area contributed by atoms with Crippen molar-refractivity contribution in [1.82, 2.24) is 29.9 Å². The van der Waals surface area contributed by atoms with Crippen LogP contribution in [0.4, 0.5) is 5.82 Å². The molecule has 6 rings (SSSR count). The second kappa shape index (κ2) is 11.5. The molecule has 1 amide bonds. The molecule has 0 aromatic carbocycles. The number of nitrogens with zero attached hydrogens (tertiary/aromatic N) is 8. The molecule has 1 aromatic rings. The Hall–Kier alpha value is -3.73. The molecule has 1 N–H and O–H groups in total. The minimum absolute atomic E-state index is 0.0574. The molecule has 0 radical (unpaired) electrons. The van der Waals surface area contributed by atoms with E-state index in [0.29, 0.717) is 23.7 Å². The molecule has 1 aromatic heterocycles. The number of carbonyl (C=O) groups excluding carboxylic acids is 1. The van der Waals surface area contributed by atoms with E-state index in [9.17, 15) is 9.59 Å². The van der Waals surface area contributed by atoms with Gasteiger partial charge in [0.1, 0.15) is 5.92 Å². The predicted octanol–water partition coefficient (Wildman–Crippen LogP) is 2.57. The predicted molar refractivity (Wildman–Crippen MR) is 165 cm³/mol. The van der Waals surface area contributed by atoms with Crippen molar-refractivity contribution in [2.45, 2.75) is 64.2 Å². The molecule has 3 saturated heterocycles. The first-order valence-electron chi connectivity index (χ1n) is 15.3. The summed E-state index contributed by atoms with van der Waals surface area (Å²) in [7, 11) is 2.24. The van der Waals surface area contributed by atoms with E-state index in [0.717, 1.165) is 19.5 Å². The summed E-state index contributed by atoms with van der Waals surface area (Å²) in [4.78, 5) is 40.1. The van der Waals surface area contributed by atoms with E-state index in [2.05, 4.69) is 57.1 Å². The standard InChI is InChI=1S/C31H43N9O2/c1-5-16-38-29(42)25-21-32-30(34-28(25)40(38)26-10-11-27(41)39(35-26)22(2)3)33-23-6-8-24(9-7-23)37-19-14-31(15-20-37)12-17-36(4)18-13-31/h5-6,8-11,21-23,25,28H,1,7,12-20H2,2-4H3,(H,33,34). The van der Waals surface area contributed by atoms with Crippen LogP contribution in [0.25, 0.3) is 0 Å². The second-order valence-corrected chi connectivity index (χ2v) is 12.6. The third-order valence-electron chi connectivity index (χ3n) is 9.45. The van der Waals surface area contributed by atoms with Crippen LogP contribution in [0.1, 0.15) is 52.0 Å². The molecule has 11 heteroatoms. The maximum absolute atomic E-state index is 13.3. The molecule has 5 heterocycles. The minimum Gasteiger partial charge on any atom is -0.372 e. The van der Waals surface area contributed by atoms with Crippen molar-refractivity contribution in [2.24, 2.45) is 21.3 Å². The molecule has 3 atom stereocenters. The Morgan fingerprint density at radius 1 is 1.12 bits per heavy atom. The summed E-state index contributed by atoms with van der Waals surface area (Å²) in [5, 5.41) is 11.4. The number of rotatable bonds is 6. The van der Waals surface area contributed by atoms with E-state index in [4.69, 9.17) is 4.99 Å². The summed E-state index contributed by atoms with van der Waals surface area (Å²) < 4.78 is 1.42. The van der Waals surface area contributed by atoms with E-state index in [1.54, 1.807) is 28.4 Å². The number of fused-ring (bicyclic) bond motifs is 1. The number of allylic oxidation sites excluding steroid dienone is 1. The number of hydrogen-bond acceptors (Lipinski definition) is 9. The lowest BCUT2D eigenvalue weighted by molar-refractivity contribution is -0.129. The Balaban J connectivity index is 1.13. The van der Waals surface area contributed by atoms with E-state index in [1.807, 2.05) is 13.8 Å². The highest BCUT2D eigenvalue weighted by Gasteiger charge is 2.48. The van der Waals surface area contributed by atoms with Crippen molar-refractivity contribution >= 4 is 23.9 Å². The Morgan fingerprint density at radius 2 is 1.86 bits per heavy atom. The van der Waals surface area contributed by atoms with Gasteiger partial charge in [-0.15, -0.1) is 11.7 Å².